The molecule has 1 N–H and O–H groups in total. The fourth-order valence-corrected chi connectivity index (χ4v) is 11.7. The minimum absolute atomic E-state index is 0.0264. The lowest BCUT2D eigenvalue weighted by Gasteiger charge is -2.24. The number of quaternary nitrogens is 1. The van der Waals surface area contributed by atoms with Crippen LogP contribution >= 0.6 is 7.82 Å². The van der Waals surface area contributed by atoms with Crippen LogP contribution in [0.15, 0.2) is 146 Å². The molecule has 0 aromatic rings. The van der Waals surface area contributed by atoms with Gasteiger partial charge in [0.1, 0.15) is 19.8 Å². The first-order chi connectivity index (χ1) is 47.0. The Kier molecular flexibility index (Phi) is 71.9. The average molecular weight is 1360 g/mol. The third-order valence-corrected chi connectivity index (χ3v) is 17.8. The SMILES string of the molecule is CC/C=C\C/C=C\C/C=C\C/C=C\C/C=C\C/C=C\C/C=C\C/C=C\CCCCCCCCCCCCC(=O)OC(COC(=O)CCCCCCCCCCCCCCCCCCCCCCCCCC/C=C\C/C=C\C/C=C\C/C=C\CC)COP(=O)(O)OCC[N+](C)(C)C. The Morgan fingerprint density at radius 3 is 0.833 bits per heavy atom. The molecule has 0 amide bonds. The summed E-state index contributed by atoms with van der Waals surface area (Å²) in [5.74, 6) is -0.796. The first-order valence-electron chi connectivity index (χ1n) is 39.6. The normalized spacial score (nSPS) is 13.9. The Bertz CT molecular complexity index is 2140. The average Bonchev–Trinajstić information content (AvgIpc) is 2.74. The van der Waals surface area contributed by atoms with E-state index in [1.165, 1.54) is 180 Å². The zero-order chi connectivity index (χ0) is 69.7. The molecule has 2 unspecified atom stereocenters. The fourth-order valence-electron chi connectivity index (χ4n) is 10.9. The van der Waals surface area contributed by atoms with E-state index in [0.717, 1.165) is 122 Å². The molecule has 9 nitrogen and oxygen atoms in total. The fraction of sp³-hybridized carbons (Fsp3) is 0.698. The molecule has 0 aliphatic heterocycles. The van der Waals surface area contributed by atoms with Gasteiger partial charge in [0.25, 0.3) is 0 Å². The van der Waals surface area contributed by atoms with Crippen LogP contribution in [-0.2, 0) is 32.7 Å². The number of rotatable bonds is 72. The van der Waals surface area contributed by atoms with E-state index in [9.17, 15) is 19.0 Å². The van der Waals surface area contributed by atoms with E-state index in [-0.39, 0.29) is 32.0 Å². The van der Waals surface area contributed by atoms with Crippen LogP contribution in [-0.4, -0.2) is 74.9 Å². The smallest absolute Gasteiger partial charge is 0.462 e. The van der Waals surface area contributed by atoms with Gasteiger partial charge in [0.2, 0.25) is 0 Å². The largest absolute Gasteiger partial charge is 0.472 e. The molecule has 2 atom stereocenters. The summed E-state index contributed by atoms with van der Waals surface area (Å²) in [5.41, 5.74) is 0. The molecule has 0 saturated heterocycles. The molecule has 0 fully saturated rings. The molecule has 0 aliphatic carbocycles. The minimum atomic E-state index is -4.40. The molecular weight excluding hydrogens is 1210 g/mol. The van der Waals surface area contributed by atoms with Crippen molar-refractivity contribution in [1.82, 2.24) is 0 Å². The highest BCUT2D eigenvalue weighted by Gasteiger charge is 2.27. The predicted molar refractivity (Wildman–Crippen MR) is 417 cm³/mol. The van der Waals surface area contributed by atoms with Crippen molar-refractivity contribution in [3.05, 3.63) is 146 Å². The van der Waals surface area contributed by atoms with Gasteiger partial charge in [-0.2, -0.15) is 0 Å². The van der Waals surface area contributed by atoms with E-state index in [1.54, 1.807) is 0 Å². The molecule has 0 spiro atoms. The lowest BCUT2D eigenvalue weighted by atomic mass is 10.0. The first-order valence-corrected chi connectivity index (χ1v) is 41.1. The minimum Gasteiger partial charge on any atom is -0.462 e. The van der Waals surface area contributed by atoms with Gasteiger partial charge in [-0.25, -0.2) is 4.57 Å². The molecule has 96 heavy (non-hydrogen) atoms. The van der Waals surface area contributed by atoms with E-state index >= 15 is 0 Å². The molecule has 0 saturated carbocycles. The van der Waals surface area contributed by atoms with Crippen molar-refractivity contribution in [2.75, 3.05) is 47.5 Å². The van der Waals surface area contributed by atoms with Crippen LogP contribution in [0.3, 0.4) is 0 Å². The van der Waals surface area contributed by atoms with Crippen LogP contribution in [0.5, 0.6) is 0 Å². The van der Waals surface area contributed by atoms with Crippen LogP contribution < -0.4 is 0 Å². The number of allylic oxidation sites excluding steroid dienone is 24. The maximum absolute atomic E-state index is 12.9. The van der Waals surface area contributed by atoms with Crippen molar-refractivity contribution in [2.24, 2.45) is 0 Å². The van der Waals surface area contributed by atoms with Crippen LogP contribution in [0, 0.1) is 0 Å². The first kappa shape index (κ1) is 91.9. The van der Waals surface area contributed by atoms with Crippen molar-refractivity contribution in [2.45, 2.75) is 341 Å². The lowest BCUT2D eigenvalue weighted by Crippen LogP contribution is -2.37. The van der Waals surface area contributed by atoms with E-state index in [2.05, 4.69) is 160 Å². The van der Waals surface area contributed by atoms with E-state index in [4.69, 9.17) is 18.5 Å². The third kappa shape index (κ3) is 78.9. The second-order valence-electron chi connectivity index (χ2n) is 27.3. The number of esters is 2. The molecule has 0 aromatic carbocycles. The summed E-state index contributed by atoms with van der Waals surface area (Å²) in [5, 5.41) is 0. The number of phosphoric acid groups is 1. The van der Waals surface area contributed by atoms with E-state index < -0.39 is 26.5 Å². The number of carbonyl (C=O) groups is 2. The lowest BCUT2D eigenvalue weighted by molar-refractivity contribution is -0.870. The summed E-state index contributed by atoms with van der Waals surface area (Å²) >= 11 is 0. The van der Waals surface area contributed by atoms with Crippen molar-refractivity contribution in [3.63, 3.8) is 0 Å². The predicted octanol–water partition coefficient (Wildman–Crippen LogP) is 26.5. The molecule has 550 valence electrons. The highest BCUT2D eigenvalue weighted by Crippen LogP contribution is 2.43. The Morgan fingerprint density at radius 2 is 0.562 bits per heavy atom. The van der Waals surface area contributed by atoms with Gasteiger partial charge in [-0.1, -0.05) is 352 Å². The van der Waals surface area contributed by atoms with Crippen molar-refractivity contribution in [1.29, 1.82) is 0 Å². The summed E-state index contributed by atoms with van der Waals surface area (Å²) in [6.45, 7) is 4.23. The number of carbonyl (C=O) groups excluding carboxylic acids is 2. The van der Waals surface area contributed by atoms with Gasteiger partial charge in [0, 0.05) is 12.8 Å². The van der Waals surface area contributed by atoms with Gasteiger partial charge < -0.3 is 18.9 Å². The number of ether oxygens (including phenoxy) is 2. The zero-order valence-electron chi connectivity index (χ0n) is 62.8. The van der Waals surface area contributed by atoms with Crippen LogP contribution in [0.1, 0.15) is 335 Å². The third-order valence-electron chi connectivity index (χ3n) is 16.9. The van der Waals surface area contributed by atoms with Gasteiger partial charge in [-0.05, 0) is 116 Å². The van der Waals surface area contributed by atoms with E-state index in [1.807, 2.05) is 21.1 Å². The van der Waals surface area contributed by atoms with Gasteiger partial charge in [-0.3, -0.25) is 18.6 Å². The molecule has 0 bridgehead atoms. The number of hydrogen-bond donors (Lipinski definition) is 1. The zero-order valence-corrected chi connectivity index (χ0v) is 63.7. The number of nitrogens with zero attached hydrogens (tertiary/aromatic N) is 1. The molecular formula is C86H149NO8P+. The molecule has 0 rings (SSSR count). The summed E-state index contributed by atoms with van der Waals surface area (Å²) in [6, 6.07) is 0. The highest BCUT2D eigenvalue weighted by atomic mass is 31.2. The summed E-state index contributed by atoms with van der Waals surface area (Å²) in [4.78, 5) is 36.0. The van der Waals surface area contributed by atoms with Gasteiger partial charge in [-0.15, -0.1) is 0 Å². The number of phosphoric ester groups is 1. The van der Waals surface area contributed by atoms with Crippen molar-refractivity contribution in [3.8, 4) is 0 Å². The summed E-state index contributed by atoms with van der Waals surface area (Å²) < 4.78 is 34.8. The number of likely N-dealkylation sites (N-methyl/N-ethyl adjacent to an activating group) is 1. The van der Waals surface area contributed by atoms with Crippen molar-refractivity contribution >= 4 is 19.8 Å². The maximum Gasteiger partial charge on any atom is 0.472 e. The Balaban J connectivity index is 4.00. The molecule has 0 aromatic heterocycles. The second-order valence-corrected chi connectivity index (χ2v) is 28.8. The van der Waals surface area contributed by atoms with Gasteiger partial charge in [0.05, 0.1) is 27.7 Å². The van der Waals surface area contributed by atoms with E-state index in [0.29, 0.717) is 17.4 Å². The quantitative estimate of drug-likeness (QED) is 0.0211. The second kappa shape index (κ2) is 75.1. The Morgan fingerprint density at radius 1 is 0.323 bits per heavy atom. The molecule has 0 heterocycles. The van der Waals surface area contributed by atoms with Crippen LogP contribution in [0.2, 0.25) is 0 Å². The van der Waals surface area contributed by atoms with Crippen LogP contribution in [0.4, 0.5) is 0 Å². The molecule has 0 radical (unpaired) electrons. The monoisotopic (exact) mass is 1360 g/mol. The summed E-state index contributed by atoms with van der Waals surface area (Å²) in [7, 11) is 1.47. The maximum atomic E-state index is 12.9. The molecule has 0 aliphatic rings. The Hall–Kier alpha value is -4.11. The topological polar surface area (TPSA) is 108 Å². The number of unbranched alkanes of at least 4 members (excludes halogenated alkanes) is 34. The van der Waals surface area contributed by atoms with Gasteiger partial charge in [0.15, 0.2) is 6.10 Å². The molecule has 10 heteroatoms. The van der Waals surface area contributed by atoms with Crippen LogP contribution in [0.25, 0.3) is 0 Å². The summed E-state index contributed by atoms with van der Waals surface area (Å²) in [6.07, 6.45) is 111. The standard InChI is InChI=1S/C86H148NO8P/c1-6-8-10-12-14-16-18-20-22-24-26-28-30-32-34-36-38-40-42-43-45-46-48-50-52-54-56-58-60-62-64-66-68-70-72-74-76-78-85(88)92-82-84(83-94-96(90,91)93-81-80-87(3,4)5)95-86(89)79-77-75-73-71-69-67-65-63-61-59-57-55-53-51-49-47-44-41-39-37-35-33-31-29-27-25-23-21-19-17-15-13-11-9-7-2/h8-11,14-17,20-23,26-29,33,35,39,41,47,49,53,55,84H,6-7,12-13,18-19,24-25,30-32,34,36-38,40,42-46,48,50-52,54,56-83H2,1-5H3/p+1/b10-8-,11-9-,16-14-,17-15-,22-20-,23-21-,28-26-,29-27-,35-33-,41-39-,49-47-,55-53-. The highest BCUT2D eigenvalue weighted by molar-refractivity contribution is 7.47. The Labute approximate surface area is 593 Å². The van der Waals surface area contributed by atoms with Gasteiger partial charge >= 0.3 is 19.8 Å². The number of hydrogen-bond acceptors (Lipinski definition) is 7. The van der Waals surface area contributed by atoms with Crippen molar-refractivity contribution < 1.29 is 42.1 Å².